The van der Waals surface area contributed by atoms with E-state index in [1.54, 1.807) is 0 Å². The van der Waals surface area contributed by atoms with E-state index in [0.717, 1.165) is 42.4 Å². The summed E-state index contributed by atoms with van der Waals surface area (Å²) < 4.78 is 8.53. The molecule has 2 saturated heterocycles. The van der Waals surface area contributed by atoms with Crippen molar-refractivity contribution in [1.29, 1.82) is 0 Å². The lowest BCUT2D eigenvalue weighted by molar-refractivity contribution is -0.0741. The highest BCUT2D eigenvalue weighted by molar-refractivity contribution is 6.31. The van der Waals surface area contributed by atoms with Gasteiger partial charge in [0.05, 0.1) is 23.3 Å². The molecule has 3 aliphatic heterocycles. The molecule has 1 aromatic heterocycles. The van der Waals surface area contributed by atoms with E-state index in [4.69, 9.17) is 16.3 Å². The SMILES string of the molecule is CN1CCC[C@@H]1Cn1cc(C(=O)N2CCC3(CC2)OCc2ccccc23)c2ccc(Cl)cc21. The second-order valence-corrected chi connectivity index (χ2v) is 10.3. The van der Waals surface area contributed by atoms with Gasteiger partial charge in [-0.05, 0) is 62.5 Å². The van der Waals surface area contributed by atoms with E-state index in [9.17, 15) is 4.79 Å². The lowest BCUT2D eigenvalue weighted by Crippen LogP contribution is -2.45. The largest absolute Gasteiger partial charge is 0.365 e. The Balaban J connectivity index is 1.26. The summed E-state index contributed by atoms with van der Waals surface area (Å²) in [6, 6.07) is 14.9. The number of hydrogen-bond acceptors (Lipinski definition) is 3. The summed E-state index contributed by atoms with van der Waals surface area (Å²) in [6.07, 6.45) is 6.16. The number of carbonyl (C=O) groups excluding carboxylic acids is 1. The van der Waals surface area contributed by atoms with Gasteiger partial charge >= 0.3 is 0 Å². The number of rotatable bonds is 3. The number of amides is 1. The Kier molecular flexibility index (Phi) is 5.24. The molecule has 0 N–H and O–H groups in total. The molecule has 6 heteroatoms. The van der Waals surface area contributed by atoms with Crippen LogP contribution in [0.1, 0.15) is 47.2 Å². The van der Waals surface area contributed by atoms with Gasteiger partial charge in [-0.25, -0.2) is 0 Å². The van der Waals surface area contributed by atoms with Gasteiger partial charge in [0, 0.05) is 42.3 Å². The molecule has 4 heterocycles. The summed E-state index contributed by atoms with van der Waals surface area (Å²) in [6.45, 7) is 4.11. The Hall–Kier alpha value is -2.34. The Morgan fingerprint density at radius 1 is 1.15 bits per heavy atom. The molecule has 0 saturated carbocycles. The second-order valence-electron chi connectivity index (χ2n) is 9.87. The second kappa shape index (κ2) is 8.15. The Bertz CT molecular complexity index is 1210. The van der Waals surface area contributed by atoms with Crippen LogP contribution in [0.2, 0.25) is 5.02 Å². The number of carbonyl (C=O) groups is 1. The van der Waals surface area contributed by atoms with Gasteiger partial charge in [0.15, 0.2) is 0 Å². The molecule has 0 aliphatic carbocycles. The van der Waals surface area contributed by atoms with E-state index in [2.05, 4.69) is 47.0 Å². The molecule has 5 nitrogen and oxygen atoms in total. The lowest BCUT2D eigenvalue weighted by Gasteiger charge is -2.39. The average Bonchev–Trinajstić information content (AvgIpc) is 3.51. The first-order valence-electron chi connectivity index (χ1n) is 12.0. The van der Waals surface area contributed by atoms with E-state index in [-0.39, 0.29) is 11.5 Å². The molecular formula is C27H30ClN3O2. The predicted molar refractivity (Wildman–Crippen MR) is 131 cm³/mol. The van der Waals surface area contributed by atoms with Crippen LogP contribution in [-0.4, -0.2) is 53.0 Å². The zero-order valence-corrected chi connectivity index (χ0v) is 19.9. The first-order chi connectivity index (χ1) is 16.0. The molecule has 33 heavy (non-hydrogen) atoms. The van der Waals surface area contributed by atoms with Crippen molar-refractivity contribution >= 4 is 28.4 Å². The molecule has 1 amide bonds. The van der Waals surface area contributed by atoms with Crippen molar-refractivity contribution < 1.29 is 9.53 Å². The number of benzene rings is 2. The molecule has 0 radical (unpaired) electrons. The number of hydrogen-bond donors (Lipinski definition) is 0. The molecule has 2 fully saturated rings. The monoisotopic (exact) mass is 463 g/mol. The zero-order chi connectivity index (χ0) is 22.6. The third kappa shape index (κ3) is 3.58. The molecule has 1 spiro atoms. The van der Waals surface area contributed by atoms with Crippen molar-refractivity contribution in [2.75, 3.05) is 26.7 Å². The Morgan fingerprint density at radius 2 is 1.97 bits per heavy atom. The Labute approximate surface area is 199 Å². The Morgan fingerprint density at radius 3 is 2.76 bits per heavy atom. The number of likely N-dealkylation sites (N-methyl/N-ethyl adjacent to an activating group) is 1. The summed E-state index contributed by atoms with van der Waals surface area (Å²) >= 11 is 6.35. The van der Waals surface area contributed by atoms with Gasteiger partial charge in [-0.2, -0.15) is 0 Å². The van der Waals surface area contributed by atoms with Crippen molar-refractivity contribution in [3.63, 3.8) is 0 Å². The quantitative estimate of drug-likeness (QED) is 0.545. The predicted octanol–water partition coefficient (Wildman–Crippen LogP) is 5.05. The smallest absolute Gasteiger partial charge is 0.256 e. The number of likely N-dealkylation sites (tertiary alicyclic amines) is 2. The molecule has 2 aromatic carbocycles. The highest BCUT2D eigenvalue weighted by Gasteiger charge is 2.43. The number of piperidine rings is 1. The van der Waals surface area contributed by atoms with Crippen molar-refractivity contribution in [1.82, 2.24) is 14.4 Å². The third-order valence-corrected chi connectivity index (χ3v) is 8.26. The fourth-order valence-electron chi connectivity index (χ4n) is 6.06. The van der Waals surface area contributed by atoms with Crippen LogP contribution in [0, 0.1) is 0 Å². The summed E-state index contributed by atoms with van der Waals surface area (Å²) in [5, 5.41) is 1.70. The van der Waals surface area contributed by atoms with E-state index >= 15 is 0 Å². The highest BCUT2D eigenvalue weighted by Crippen LogP contribution is 2.44. The first kappa shape index (κ1) is 21.2. The lowest BCUT2D eigenvalue weighted by atomic mass is 9.83. The van der Waals surface area contributed by atoms with E-state index < -0.39 is 0 Å². The standard InChI is InChI=1S/C27H30ClN3O2/c1-29-12-4-6-21(29)16-31-17-23(22-9-8-20(28)15-25(22)31)26(32)30-13-10-27(11-14-30)24-7-3-2-5-19(24)18-33-27/h2-3,5,7-9,15,17,21H,4,6,10-14,16,18H2,1H3/t21-/m1/s1. The summed E-state index contributed by atoms with van der Waals surface area (Å²) in [7, 11) is 2.19. The van der Waals surface area contributed by atoms with Gasteiger partial charge in [-0.1, -0.05) is 41.9 Å². The van der Waals surface area contributed by atoms with Crippen LogP contribution in [0.5, 0.6) is 0 Å². The average molecular weight is 464 g/mol. The fourth-order valence-corrected chi connectivity index (χ4v) is 6.23. The van der Waals surface area contributed by atoms with Crippen LogP contribution >= 0.6 is 11.6 Å². The van der Waals surface area contributed by atoms with Crippen molar-refractivity contribution in [3.05, 3.63) is 70.4 Å². The maximum atomic E-state index is 13.7. The zero-order valence-electron chi connectivity index (χ0n) is 19.1. The van der Waals surface area contributed by atoms with Crippen LogP contribution in [-0.2, 0) is 23.5 Å². The van der Waals surface area contributed by atoms with Gasteiger partial charge in [0.1, 0.15) is 0 Å². The van der Waals surface area contributed by atoms with Crippen molar-refractivity contribution in [3.8, 4) is 0 Å². The van der Waals surface area contributed by atoms with Crippen LogP contribution in [0.3, 0.4) is 0 Å². The van der Waals surface area contributed by atoms with Gasteiger partial charge in [-0.3, -0.25) is 4.79 Å². The minimum absolute atomic E-state index is 0.113. The number of ether oxygens (including phenoxy) is 1. The van der Waals surface area contributed by atoms with Gasteiger partial charge in [-0.15, -0.1) is 0 Å². The molecule has 172 valence electrons. The van der Waals surface area contributed by atoms with Crippen LogP contribution < -0.4 is 0 Å². The first-order valence-corrected chi connectivity index (χ1v) is 12.4. The molecule has 3 aromatic rings. The fraction of sp³-hybridized carbons (Fsp3) is 0.444. The molecule has 1 atom stereocenters. The topological polar surface area (TPSA) is 37.7 Å². The normalized spacial score (nSPS) is 22.4. The maximum Gasteiger partial charge on any atom is 0.256 e. The summed E-state index contributed by atoms with van der Waals surface area (Å²) in [5.41, 5.74) is 4.19. The molecule has 0 bridgehead atoms. The minimum atomic E-state index is -0.234. The molecule has 6 rings (SSSR count). The van der Waals surface area contributed by atoms with Gasteiger partial charge in [0.25, 0.3) is 5.91 Å². The number of aromatic nitrogens is 1. The highest BCUT2D eigenvalue weighted by atomic mass is 35.5. The minimum Gasteiger partial charge on any atom is -0.365 e. The summed E-state index contributed by atoms with van der Waals surface area (Å²) in [5.74, 6) is 0.113. The summed E-state index contributed by atoms with van der Waals surface area (Å²) in [4.78, 5) is 18.1. The van der Waals surface area contributed by atoms with Gasteiger partial charge < -0.3 is 19.1 Å². The number of nitrogens with zero attached hydrogens (tertiary/aromatic N) is 3. The molecule has 0 unspecified atom stereocenters. The maximum absolute atomic E-state index is 13.7. The van der Waals surface area contributed by atoms with Crippen molar-refractivity contribution in [2.24, 2.45) is 0 Å². The van der Waals surface area contributed by atoms with Crippen molar-refractivity contribution in [2.45, 2.75) is 50.5 Å². The molecular weight excluding hydrogens is 434 g/mol. The van der Waals surface area contributed by atoms with E-state index in [0.29, 0.717) is 30.8 Å². The van der Waals surface area contributed by atoms with E-state index in [1.807, 2.05) is 23.1 Å². The van der Waals surface area contributed by atoms with Gasteiger partial charge in [0.2, 0.25) is 0 Å². The number of fused-ring (bicyclic) bond motifs is 3. The van der Waals surface area contributed by atoms with E-state index in [1.165, 1.54) is 24.0 Å². The van der Waals surface area contributed by atoms with Crippen LogP contribution in [0.25, 0.3) is 10.9 Å². The number of halogens is 1. The van der Waals surface area contributed by atoms with Crippen LogP contribution in [0.4, 0.5) is 0 Å². The molecule has 3 aliphatic rings. The van der Waals surface area contributed by atoms with Crippen LogP contribution in [0.15, 0.2) is 48.7 Å². The third-order valence-electron chi connectivity index (χ3n) is 8.02.